The third-order valence-corrected chi connectivity index (χ3v) is 6.97. The number of anilines is 1. The third-order valence-electron chi connectivity index (χ3n) is 5.08. The summed E-state index contributed by atoms with van der Waals surface area (Å²) in [6, 6.07) is 8.92. The Balaban J connectivity index is 1.53. The van der Waals surface area contributed by atoms with Crippen molar-refractivity contribution in [2.75, 3.05) is 25.0 Å². The molecular formula is C21H20F4N2O5S. The van der Waals surface area contributed by atoms with Crippen LogP contribution in [0.5, 0.6) is 0 Å². The number of hydrogen-bond acceptors (Lipinski definition) is 5. The number of carbonyl (C=O) groups is 2. The molecule has 0 aromatic heterocycles. The number of benzene rings is 2. The van der Waals surface area contributed by atoms with Gasteiger partial charge in [-0.05, 0) is 43.2 Å². The van der Waals surface area contributed by atoms with Gasteiger partial charge in [0.15, 0.2) is 6.61 Å². The van der Waals surface area contributed by atoms with E-state index >= 15 is 0 Å². The van der Waals surface area contributed by atoms with E-state index in [1.54, 1.807) is 0 Å². The number of carbonyl (C=O) groups excluding carboxylic acids is 2. The first-order chi connectivity index (χ1) is 15.5. The van der Waals surface area contributed by atoms with Crippen LogP contribution in [0.25, 0.3) is 0 Å². The molecule has 0 saturated carbocycles. The SMILES string of the molecule is O=C(COC(=O)C1CCN(S(=O)(=O)c2cccc(C(F)(F)F)c2)CC1)Nc1ccccc1F. The van der Waals surface area contributed by atoms with Crippen LogP contribution in [0.4, 0.5) is 23.2 Å². The molecule has 7 nitrogen and oxygen atoms in total. The molecule has 0 spiro atoms. The van der Waals surface area contributed by atoms with Gasteiger partial charge >= 0.3 is 12.1 Å². The van der Waals surface area contributed by atoms with Crippen molar-refractivity contribution in [1.29, 1.82) is 0 Å². The summed E-state index contributed by atoms with van der Waals surface area (Å²) in [7, 11) is -4.18. The molecule has 33 heavy (non-hydrogen) atoms. The lowest BCUT2D eigenvalue weighted by Crippen LogP contribution is -2.41. The monoisotopic (exact) mass is 488 g/mol. The number of amides is 1. The molecule has 1 amide bonds. The average Bonchev–Trinajstić information content (AvgIpc) is 2.78. The summed E-state index contributed by atoms with van der Waals surface area (Å²) in [5.74, 6) is -2.78. The van der Waals surface area contributed by atoms with Crippen LogP contribution in [0.2, 0.25) is 0 Å². The number of ether oxygens (including phenoxy) is 1. The second-order valence-corrected chi connectivity index (χ2v) is 9.28. The highest BCUT2D eigenvalue weighted by Crippen LogP contribution is 2.32. The fourth-order valence-electron chi connectivity index (χ4n) is 3.32. The Morgan fingerprint density at radius 1 is 1.06 bits per heavy atom. The number of rotatable bonds is 6. The van der Waals surface area contributed by atoms with E-state index in [9.17, 15) is 35.6 Å². The van der Waals surface area contributed by atoms with Crippen molar-refractivity contribution in [3.63, 3.8) is 0 Å². The largest absolute Gasteiger partial charge is 0.455 e. The molecule has 1 aliphatic heterocycles. The number of esters is 1. The highest BCUT2D eigenvalue weighted by Gasteiger charge is 2.35. The summed E-state index contributed by atoms with van der Waals surface area (Å²) in [5.41, 5.74) is -1.14. The first-order valence-corrected chi connectivity index (χ1v) is 11.3. The Morgan fingerprint density at radius 2 is 1.73 bits per heavy atom. The first kappa shape index (κ1) is 24.6. The fourth-order valence-corrected chi connectivity index (χ4v) is 4.83. The van der Waals surface area contributed by atoms with Gasteiger partial charge in [0, 0.05) is 13.1 Å². The number of para-hydroxylation sites is 1. The van der Waals surface area contributed by atoms with Crippen LogP contribution in [0, 0.1) is 11.7 Å². The summed E-state index contributed by atoms with van der Waals surface area (Å²) in [6.07, 6.45) is -4.53. The fraction of sp³-hybridized carbons (Fsp3) is 0.333. The van der Waals surface area contributed by atoms with Gasteiger partial charge < -0.3 is 10.1 Å². The minimum Gasteiger partial charge on any atom is -0.455 e. The van der Waals surface area contributed by atoms with E-state index in [0.29, 0.717) is 6.07 Å². The van der Waals surface area contributed by atoms with E-state index in [0.717, 1.165) is 28.6 Å². The Hall–Kier alpha value is -2.99. The van der Waals surface area contributed by atoms with Gasteiger partial charge in [0.1, 0.15) is 5.82 Å². The van der Waals surface area contributed by atoms with Gasteiger partial charge in [0.2, 0.25) is 10.0 Å². The number of alkyl halides is 3. The highest BCUT2D eigenvalue weighted by molar-refractivity contribution is 7.89. The molecule has 1 aliphatic rings. The van der Waals surface area contributed by atoms with Crippen LogP contribution in [0.15, 0.2) is 53.4 Å². The third kappa shape index (κ3) is 6.08. The van der Waals surface area contributed by atoms with Crippen molar-refractivity contribution in [1.82, 2.24) is 4.31 Å². The molecule has 0 atom stereocenters. The van der Waals surface area contributed by atoms with Crippen LogP contribution < -0.4 is 5.32 Å². The smallest absolute Gasteiger partial charge is 0.416 e. The van der Waals surface area contributed by atoms with Gasteiger partial charge in [0.25, 0.3) is 5.91 Å². The predicted octanol–water partition coefficient (Wildman–Crippen LogP) is 3.43. The zero-order valence-electron chi connectivity index (χ0n) is 17.1. The maximum atomic E-state index is 13.5. The molecule has 2 aromatic rings. The maximum Gasteiger partial charge on any atom is 0.416 e. The van der Waals surface area contributed by atoms with Gasteiger partial charge in [0.05, 0.1) is 22.1 Å². The molecule has 1 saturated heterocycles. The Morgan fingerprint density at radius 3 is 2.36 bits per heavy atom. The number of hydrogen-bond donors (Lipinski definition) is 1. The topological polar surface area (TPSA) is 92.8 Å². The van der Waals surface area contributed by atoms with Crippen LogP contribution in [0.3, 0.4) is 0 Å². The summed E-state index contributed by atoms with van der Waals surface area (Å²) in [4.78, 5) is 23.6. The van der Waals surface area contributed by atoms with Gasteiger partial charge in [-0.25, -0.2) is 12.8 Å². The summed E-state index contributed by atoms with van der Waals surface area (Å²) < 4.78 is 83.6. The number of piperidine rings is 1. The lowest BCUT2D eigenvalue weighted by Gasteiger charge is -2.30. The molecule has 1 N–H and O–H groups in total. The van der Waals surface area contributed by atoms with Crippen molar-refractivity contribution in [2.45, 2.75) is 23.9 Å². The molecular weight excluding hydrogens is 468 g/mol. The minimum atomic E-state index is -4.68. The number of sulfonamides is 1. The van der Waals surface area contributed by atoms with Crippen molar-refractivity contribution in [2.24, 2.45) is 5.92 Å². The molecule has 3 rings (SSSR count). The van der Waals surface area contributed by atoms with Crippen molar-refractivity contribution in [3.8, 4) is 0 Å². The average molecular weight is 488 g/mol. The quantitative estimate of drug-likeness (QED) is 0.497. The summed E-state index contributed by atoms with van der Waals surface area (Å²) in [6.45, 7) is -0.838. The molecule has 0 aliphatic carbocycles. The van der Waals surface area contributed by atoms with E-state index < -0.39 is 56.9 Å². The Kier molecular flexibility index (Phi) is 7.38. The molecule has 1 fully saturated rings. The first-order valence-electron chi connectivity index (χ1n) is 9.87. The number of nitrogens with one attached hydrogen (secondary N) is 1. The van der Waals surface area contributed by atoms with E-state index in [4.69, 9.17) is 4.74 Å². The molecule has 1 heterocycles. The van der Waals surface area contributed by atoms with E-state index in [1.165, 1.54) is 18.2 Å². The molecule has 12 heteroatoms. The second-order valence-electron chi connectivity index (χ2n) is 7.34. The second kappa shape index (κ2) is 9.87. The minimum absolute atomic E-state index is 0.0633. The molecule has 0 bridgehead atoms. The van der Waals surface area contributed by atoms with Crippen LogP contribution in [0.1, 0.15) is 18.4 Å². The normalized spacial score (nSPS) is 15.8. The van der Waals surface area contributed by atoms with Crippen LogP contribution in [-0.2, 0) is 30.5 Å². The number of nitrogens with zero attached hydrogens (tertiary/aromatic N) is 1. The van der Waals surface area contributed by atoms with E-state index in [2.05, 4.69) is 5.32 Å². The maximum absolute atomic E-state index is 13.5. The van der Waals surface area contributed by atoms with Crippen molar-refractivity contribution >= 4 is 27.6 Å². The summed E-state index contributed by atoms with van der Waals surface area (Å²) in [5, 5.41) is 2.27. The van der Waals surface area contributed by atoms with Crippen molar-refractivity contribution in [3.05, 3.63) is 59.9 Å². The van der Waals surface area contributed by atoms with E-state index in [-0.39, 0.29) is 31.6 Å². The van der Waals surface area contributed by atoms with Gasteiger partial charge in [-0.15, -0.1) is 0 Å². The number of halogens is 4. The zero-order chi connectivity index (χ0) is 24.2. The molecule has 0 unspecified atom stereocenters. The molecule has 0 radical (unpaired) electrons. The summed E-state index contributed by atoms with van der Waals surface area (Å²) >= 11 is 0. The van der Waals surface area contributed by atoms with Crippen molar-refractivity contribution < 1.29 is 40.3 Å². The lowest BCUT2D eigenvalue weighted by molar-refractivity contribution is -0.152. The zero-order valence-corrected chi connectivity index (χ0v) is 18.0. The Labute approximate surface area is 187 Å². The van der Waals surface area contributed by atoms with E-state index in [1.807, 2.05) is 0 Å². The molecule has 178 valence electrons. The Bertz CT molecular complexity index is 1130. The predicted molar refractivity (Wildman–Crippen MR) is 109 cm³/mol. The standard InChI is InChI=1S/C21H20F4N2O5S/c22-17-6-1-2-7-18(17)26-19(28)13-32-20(29)14-8-10-27(11-9-14)33(30,31)16-5-3-4-15(12-16)21(23,24)25/h1-7,12,14H,8-11,13H2,(H,26,28). The van der Waals surface area contributed by atoms with Gasteiger partial charge in [-0.1, -0.05) is 18.2 Å². The van der Waals surface area contributed by atoms with Gasteiger partial charge in [-0.3, -0.25) is 9.59 Å². The van der Waals surface area contributed by atoms with Crippen LogP contribution in [-0.4, -0.2) is 44.3 Å². The highest BCUT2D eigenvalue weighted by atomic mass is 32.2. The lowest BCUT2D eigenvalue weighted by atomic mass is 9.98. The van der Waals surface area contributed by atoms with Gasteiger partial charge in [-0.2, -0.15) is 17.5 Å². The molecule has 2 aromatic carbocycles. The van der Waals surface area contributed by atoms with Crippen LogP contribution >= 0.6 is 0 Å².